The van der Waals surface area contributed by atoms with E-state index < -0.39 is 0 Å². The largest absolute Gasteiger partial charge is 0.298 e. The topological polar surface area (TPSA) is 34.0 Å². The van der Waals surface area contributed by atoms with Crippen LogP contribution in [0.2, 0.25) is 0 Å². The van der Waals surface area contributed by atoms with E-state index in [0.29, 0.717) is 6.54 Å². The molecule has 1 aromatic heterocycles. The number of nitrogens with zero attached hydrogens (tertiary/aromatic N) is 4. The van der Waals surface area contributed by atoms with E-state index in [-0.39, 0.29) is 5.82 Å². The van der Waals surface area contributed by atoms with Gasteiger partial charge in [0.15, 0.2) is 5.82 Å². The molecule has 0 unspecified atom stereocenters. The summed E-state index contributed by atoms with van der Waals surface area (Å²) in [5, 5.41) is 4.20. The molecule has 24 heavy (non-hydrogen) atoms. The summed E-state index contributed by atoms with van der Waals surface area (Å²) in [4.78, 5) is 6.48. The molecular formula is C19H21FN4. The van der Waals surface area contributed by atoms with E-state index in [4.69, 9.17) is 0 Å². The highest BCUT2D eigenvalue weighted by molar-refractivity contribution is 5.55. The van der Waals surface area contributed by atoms with Crippen molar-refractivity contribution in [1.29, 1.82) is 0 Å². The molecule has 2 aromatic carbocycles. The Morgan fingerprint density at radius 1 is 1.04 bits per heavy atom. The first kappa shape index (κ1) is 16.3. The van der Waals surface area contributed by atoms with Gasteiger partial charge in [-0.3, -0.25) is 4.90 Å². The SMILES string of the molecule is CCn1ncnc1-c1ccc(CN(C)Cc2cccc(F)c2)cc1. The summed E-state index contributed by atoms with van der Waals surface area (Å²) in [5.74, 6) is 0.697. The Morgan fingerprint density at radius 3 is 2.50 bits per heavy atom. The molecule has 0 spiro atoms. The molecule has 0 radical (unpaired) electrons. The lowest BCUT2D eigenvalue weighted by Crippen LogP contribution is -2.17. The maximum atomic E-state index is 13.3. The number of hydrogen-bond donors (Lipinski definition) is 0. The van der Waals surface area contributed by atoms with Crippen molar-refractivity contribution in [2.24, 2.45) is 0 Å². The van der Waals surface area contributed by atoms with Crippen LogP contribution in [0.25, 0.3) is 11.4 Å². The van der Waals surface area contributed by atoms with Gasteiger partial charge in [0, 0.05) is 25.2 Å². The van der Waals surface area contributed by atoms with E-state index in [1.165, 1.54) is 11.6 Å². The third kappa shape index (κ3) is 3.86. The molecule has 124 valence electrons. The number of aromatic nitrogens is 3. The molecule has 3 rings (SSSR count). The summed E-state index contributed by atoms with van der Waals surface area (Å²) in [7, 11) is 2.03. The van der Waals surface area contributed by atoms with Crippen LogP contribution in [0.15, 0.2) is 54.9 Å². The Labute approximate surface area is 141 Å². The second kappa shape index (κ2) is 7.36. The second-order valence-electron chi connectivity index (χ2n) is 5.90. The quantitative estimate of drug-likeness (QED) is 0.693. The monoisotopic (exact) mass is 324 g/mol. The molecule has 5 heteroatoms. The lowest BCUT2D eigenvalue weighted by Gasteiger charge is -2.17. The van der Waals surface area contributed by atoms with Crippen LogP contribution < -0.4 is 0 Å². The van der Waals surface area contributed by atoms with Gasteiger partial charge in [0.25, 0.3) is 0 Å². The molecule has 0 saturated carbocycles. The Kier molecular flexibility index (Phi) is 5.01. The maximum absolute atomic E-state index is 13.3. The van der Waals surface area contributed by atoms with Crippen molar-refractivity contribution < 1.29 is 4.39 Å². The van der Waals surface area contributed by atoms with Gasteiger partial charge in [-0.15, -0.1) is 0 Å². The smallest absolute Gasteiger partial charge is 0.158 e. The first-order chi connectivity index (χ1) is 11.7. The van der Waals surface area contributed by atoms with Crippen molar-refractivity contribution in [3.05, 3.63) is 71.8 Å². The molecule has 0 aliphatic carbocycles. The van der Waals surface area contributed by atoms with Crippen LogP contribution in [0.1, 0.15) is 18.1 Å². The number of benzene rings is 2. The summed E-state index contributed by atoms with van der Waals surface area (Å²) >= 11 is 0. The lowest BCUT2D eigenvalue weighted by atomic mass is 10.1. The van der Waals surface area contributed by atoms with Crippen LogP contribution in [-0.4, -0.2) is 26.7 Å². The highest BCUT2D eigenvalue weighted by Gasteiger charge is 2.07. The molecule has 0 N–H and O–H groups in total. The highest BCUT2D eigenvalue weighted by Crippen LogP contribution is 2.18. The maximum Gasteiger partial charge on any atom is 0.158 e. The van der Waals surface area contributed by atoms with Gasteiger partial charge in [0.2, 0.25) is 0 Å². The Balaban J connectivity index is 1.65. The van der Waals surface area contributed by atoms with E-state index in [9.17, 15) is 4.39 Å². The van der Waals surface area contributed by atoms with Gasteiger partial charge in [-0.25, -0.2) is 14.1 Å². The average Bonchev–Trinajstić information content (AvgIpc) is 3.04. The lowest BCUT2D eigenvalue weighted by molar-refractivity contribution is 0.318. The fraction of sp³-hybridized carbons (Fsp3) is 0.263. The summed E-state index contributed by atoms with van der Waals surface area (Å²) in [6.07, 6.45) is 1.58. The first-order valence-electron chi connectivity index (χ1n) is 8.06. The zero-order valence-corrected chi connectivity index (χ0v) is 14.0. The average molecular weight is 324 g/mol. The van der Waals surface area contributed by atoms with Gasteiger partial charge in [0.05, 0.1) is 0 Å². The van der Waals surface area contributed by atoms with Crippen LogP contribution in [0.3, 0.4) is 0 Å². The van der Waals surface area contributed by atoms with Gasteiger partial charge < -0.3 is 0 Å². The van der Waals surface area contributed by atoms with E-state index in [1.807, 2.05) is 24.7 Å². The molecule has 0 amide bonds. The summed E-state index contributed by atoms with van der Waals surface area (Å²) in [6, 6.07) is 15.1. The molecule has 3 aromatic rings. The van der Waals surface area contributed by atoms with Crippen LogP contribution in [-0.2, 0) is 19.6 Å². The standard InChI is InChI=1S/C19H21FN4/c1-3-24-19(21-14-22-24)17-9-7-15(8-10-17)12-23(2)13-16-5-4-6-18(20)11-16/h4-11,14H,3,12-13H2,1-2H3. The van der Waals surface area contributed by atoms with Crippen molar-refractivity contribution in [1.82, 2.24) is 19.7 Å². The van der Waals surface area contributed by atoms with Crippen LogP contribution >= 0.6 is 0 Å². The van der Waals surface area contributed by atoms with E-state index in [1.54, 1.807) is 18.5 Å². The fourth-order valence-electron chi connectivity index (χ4n) is 2.79. The minimum absolute atomic E-state index is 0.190. The summed E-state index contributed by atoms with van der Waals surface area (Å²) in [5.41, 5.74) is 3.25. The fourth-order valence-corrected chi connectivity index (χ4v) is 2.79. The minimum atomic E-state index is -0.190. The number of aryl methyl sites for hydroxylation is 1. The van der Waals surface area contributed by atoms with Crippen LogP contribution in [0.4, 0.5) is 4.39 Å². The van der Waals surface area contributed by atoms with Gasteiger partial charge in [-0.05, 0) is 37.2 Å². The van der Waals surface area contributed by atoms with Gasteiger partial charge >= 0.3 is 0 Å². The zero-order chi connectivity index (χ0) is 16.9. The molecule has 0 atom stereocenters. The Hall–Kier alpha value is -2.53. The molecule has 4 nitrogen and oxygen atoms in total. The normalized spacial score (nSPS) is 11.2. The number of halogens is 1. The zero-order valence-electron chi connectivity index (χ0n) is 14.0. The number of hydrogen-bond acceptors (Lipinski definition) is 3. The van der Waals surface area contributed by atoms with Gasteiger partial charge in [-0.2, -0.15) is 5.10 Å². The van der Waals surface area contributed by atoms with Crippen molar-refractivity contribution in [3.63, 3.8) is 0 Å². The van der Waals surface area contributed by atoms with E-state index in [0.717, 1.165) is 30.0 Å². The predicted molar refractivity (Wildman–Crippen MR) is 92.7 cm³/mol. The van der Waals surface area contributed by atoms with Crippen molar-refractivity contribution >= 4 is 0 Å². The highest BCUT2D eigenvalue weighted by atomic mass is 19.1. The molecule has 0 aliphatic heterocycles. The molecule has 0 aliphatic rings. The molecule has 0 fully saturated rings. The first-order valence-corrected chi connectivity index (χ1v) is 8.06. The van der Waals surface area contributed by atoms with Crippen molar-refractivity contribution in [3.8, 4) is 11.4 Å². The predicted octanol–water partition coefficient (Wildman–Crippen LogP) is 3.74. The molecule has 1 heterocycles. The van der Waals surface area contributed by atoms with E-state index >= 15 is 0 Å². The third-order valence-electron chi connectivity index (χ3n) is 3.92. The Morgan fingerprint density at radius 2 is 1.79 bits per heavy atom. The van der Waals surface area contributed by atoms with Gasteiger partial charge in [-0.1, -0.05) is 36.4 Å². The summed E-state index contributed by atoms with van der Waals surface area (Å²) in [6.45, 7) is 4.36. The van der Waals surface area contributed by atoms with Crippen LogP contribution in [0, 0.1) is 5.82 Å². The second-order valence-corrected chi connectivity index (χ2v) is 5.90. The molecule has 0 saturated heterocycles. The van der Waals surface area contributed by atoms with Crippen molar-refractivity contribution in [2.45, 2.75) is 26.6 Å². The third-order valence-corrected chi connectivity index (χ3v) is 3.92. The minimum Gasteiger partial charge on any atom is -0.298 e. The Bertz CT molecular complexity index is 795. The van der Waals surface area contributed by atoms with Crippen molar-refractivity contribution in [2.75, 3.05) is 7.05 Å². The molecule has 0 bridgehead atoms. The molecular weight excluding hydrogens is 303 g/mol. The van der Waals surface area contributed by atoms with E-state index in [2.05, 4.69) is 39.2 Å². The van der Waals surface area contributed by atoms with Gasteiger partial charge in [0.1, 0.15) is 12.1 Å². The number of rotatable bonds is 6. The summed E-state index contributed by atoms with van der Waals surface area (Å²) < 4.78 is 15.1. The van der Waals surface area contributed by atoms with Crippen LogP contribution in [0.5, 0.6) is 0 Å².